The van der Waals surface area contributed by atoms with E-state index >= 15 is 0 Å². The van der Waals surface area contributed by atoms with E-state index < -0.39 is 0 Å². The molecule has 1 fully saturated rings. The van der Waals surface area contributed by atoms with Gasteiger partial charge in [0.05, 0.1) is 5.69 Å². The normalized spacial score (nSPS) is 17.4. The highest BCUT2D eigenvalue weighted by molar-refractivity contribution is 7.09. The number of nitrogens with two attached hydrogens (primary N) is 1. The Morgan fingerprint density at radius 2 is 2.00 bits per heavy atom. The maximum absolute atomic E-state index is 5.93. The van der Waals surface area contributed by atoms with Gasteiger partial charge in [0, 0.05) is 24.5 Å². The molecule has 3 heterocycles. The third-order valence-corrected chi connectivity index (χ3v) is 4.44. The van der Waals surface area contributed by atoms with Crippen molar-refractivity contribution in [3.05, 3.63) is 5.69 Å². The second-order valence-corrected chi connectivity index (χ2v) is 7.26. The molecule has 1 saturated heterocycles. The first kappa shape index (κ1) is 14.4. The summed E-state index contributed by atoms with van der Waals surface area (Å²) in [6.07, 6.45) is 1.97. The number of aromatic nitrogens is 5. The minimum absolute atomic E-state index is 0.0623. The van der Waals surface area contributed by atoms with Crippen LogP contribution in [-0.4, -0.2) is 43.9 Å². The van der Waals surface area contributed by atoms with Crippen molar-refractivity contribution in [3.8, 4) is 10.7 Å². The average molecular weight is 307 g/mol. The number of rotatable bonds is 2. The molecule has 8 heteroatoms. The molecule has 0 aliphatic carbocycles. The standard InChI is InChI=1S/C13H21N7S/c1-13(2,3)10-9(21-19-16-10)11-15-12(18-17-11)20-6-4-8(14)5-7-20/h8H,4-7,14H2,1-3H3,(H,15,17,18). The summed E-state index contributed by atoms with van der Waals surface area (Å²) in [5, 5.41) is 11.6. The Bertz CT molecular complexity index is 604. The van der Waals surface area contributed by atoms with Crippen molar-refractivity contribution < 1.29 is 0 Å². The average Bonchev–Trinajstić information content (AvgIpc) is 3.07. The zero-order valence-electron chi connectivity index (χ0n) is 12.6. The number of hydrogen-bond acceptors (Lipinski definition) is 7. The maximum Gasteiger partial charge on any atom is 0.245 e. The Labute approximate surface area is 128 Å². The summed E-state index contributed by atoms with van der Waals surface area (Å²) < 4.78 is 4.07. The van der Waals surface area contributed by atoms with Gasteiger partial charge < -0.3 is 10.6 Å². The summed E-state index contributed by atoms with van der Waals surface area (Å²) in [4.78, 5) is 7.77. The molecule has 2 aromatic heterocycles. The van der Waals surface area contributed by atoms with Gasteiger partial charge in [0.2, 0.25) is 5.95 Å². The second-order valence-electron chi connectivity index (χ2n) is 6.51. The van der Waals surface area contributed by atoms with E-state index in [0.29, 0.717) is 6.04 Å². The Morgan fingerprint density at radius 1 is 1.29 bits per heavy atom. The molecule has 3 N–H and O–H groups in total. The molecule has 0 radical (unpaired) electrons. The third kappa shape index (κ3) is 2.91. The molecule has 2 aromatic rings. The summed E-state index contributed by atoms with van der Waals surface area (Å²) in [7, 11) is 0. The van der Waals surface area contributed by atoms with Gasteiger partial charge in [0.15, 0.2) is 5.82 Å². The van der Waals surface area contributed by atoms with Crippen molar-refractivity contribution in [1.29, 1.82) is 0 Å². The molecule has 0 amide bonds. The molecule has 7 nitrogen and oxygen atoms in total. The largest absolute Gasteiger partial charge is 0.339 e. The SMILES string of the molecule is CC(C)(C)c1nnsc1-c1nc(N2CCC(N)CC2)n[nH]1. The highest BCUT2D eigenvalue weighted by atomic mass is 32.1. The first-order valence-corrected chi connectivity index (χ1v) is 7.98. The van der Waals surface area contributed by atoms with Gasteiger partial charge in [-0.05, 0) is 24.4 Å². The Balaban J connectivity index is 1.84. The summed E-state index contributed by atoms with van der Waals surface area (Å²) in [6, 6.07) is 0.304. The molecule has 21 heavy (non-hydrogen) atoms. The molecule has 114 valence electrons. The lowest BCUT2D eigenvalue weighted by molar-refractivity contribution is 0.496. The maximum atomic E-state index is 5.93. The minimum atomic E-state index is -0.0623. The Morgan fingerprint density at radius 3 is 2.67 bits per heavy atom. The van der Waals surface area contributed by atoms with Gasteiger partial charge >= 0.3 is 0 Å². The van der Waals surface area contributed by atoms with Crippen LogP contribution in [0.4, 0.5) is 5.95 Å². The molecule has 1 aliphatic rings. The van der Waals surface area contributed by atoms with Crippen molar-refractivity contribution in [2.45, 2.75) is 45.1 Å². The van der Waals surface area contributed by atoms with Gasteiger partial charge in [-0.25, -0.2) is 0 Å². The van der Waals surface area contributed by atoms with E-state index in [-0.39, 0.29) is 5.41 Å². The lowest BCUT2D eigenvalue weighted by Gasteiger charge is -2.28. The van der Waals surface area contributed by atoms with Crippen LogP contribution in [0, 0.1) is 0 Å². The number of nitrogens with zero attached hydrogens (tertiary/aromatic N) is 5. The van der Waals surface area contributed by atoms with Crippen LogP contribution >= 0.6 is 11.5 Å². The molecular weight excluding hydrogens is 286 g/mol. The number of anilines is 1. The number of H-pyrrole nitrogens is 1. The minimum Gasteiger partial charge on any atom is -0.339 e. The van der Waals surface area contributed by atoms with Gasteiger partial charge in [-0.3, -0.25) is 5.10 Å². The van der Waals surface area contributed by atoms with Crippen LogP contribution in [0.5, 0.6) is 0 Å². The van der Waals surface area contributed by atoms with E-state index in [2.05, 4.69) is 50.4 Å². The molecule has 0 atom stereocenters. The zero-order chi connectivity index (χ0) is 15.0. The van der Waals surface area contributed by atoms with Crippen LogP contribution in [0.15, 0.2) is 0 Å². The zero-order valence-corrected chi connectivity index (χ0v) is 13.4. The van der Waals surface area contributed by atoms with E-state index in [0.717, 1.165) is 48.3 Å². The van der Waals surface area contributed by atoms with Crippen molar-refractivity contribution in [3.63, 3.8) is 0 Å². The van der Waals surface area contributed by atoms with Crippen LogP contribution in [0.25, 0.3) is 10.7 Å². The van der Waals surface area contributed by atoms with E-state index in [1.807, 2.05) is 0 Å². The van der Waals surface area contributed by atoms with Gasteiger partial charge in [-0.2, -0.15) is 4.98 Å². The molecule has 1 aliphatic heterocycles. The second kappa shape index (κ2) is 5.34. The number of hydrogen-bond donors (Lipinski definition) is 2. The molecular formula is C13H21N7S. The van der Waals surface area contributed by atoms with E-state index in [4.69, 9.17) is 5.73 Å². The van der Waals surface area contributed by atoms with E-state index in [1.165, 1.54) is 11.5 Å². The first-order valence-electron chi connectivity index (χ1n) is 7.21. The van der Waals surface area contributed by atoms with Gasteiger partial charge in [-0.1, -0.05) is 25.3 Å². The Hall–Kier alpha value is -1.54. The Kier molecular flexibility index (Phi) is 3.66. The highest BCUT2D eigenvalue weighted by Crippen LogP contribution is 2.32. The van der Waals surface area contributed by atoms with Gasteiger partial charge in [0.25, 0.3) is 0 Å². The van der Waals surface area contributed by atoms with Crippen LogP contribution in [0.1, 0.15) is 39.3 Å². The predicted octanol–water partition coefficient (Wildman–Crippen LogP) is 1.55. The first-order chi connectivity index (χ1) is 9.95. The quantitative estimate of drug-likeness (QED) is 0.873. The van der Waals surface area contributed by atoms with Crippen molar-refractivity contribution >= 4 is 17.5 Å². The van der Waals surface area contributed by atoms with Gasteiger partial charge in [0.1, 0.15) is 4.88 Å². The fraction of sp³-hybridized carbons (Fsp3) is 0.692. The number of aromatic amines is 1. The fourth-order valence-corrected chi connectivity index (χ4v) is 3.25. The van der Waals surface area contributed by atoms with Gasteiger partial charge in [-0.15, -0.1) is 10.2 Å². The smallest absolute Gasteiger partial charge is 0.245 e. The summed E-state index contributed by atoms with van der Waals surface area (Å²) in [5.41, 5.74) is 6.83. The van der Waals surface area contributed by atoms with Crippen LogP contribution in [0.2, 0.25) is 0 Å². The topological polar surface area (TPSA) is 96.6 Å². The predicted molar refractivity (Wildman–Crippen MR) is 83.4 cm³/mol. The van der Waals surface area contributed by atoms with Crippen molar-refractivity contribution in [2.24, 2.45) is 5.73 Å². The molecule has 0 spiro atoms. The molecule has 0 saturated carbocycles. The molecule has 0 bridgehead atoms. The molecule has 3 rings (SSSR count). The molecule has 0 aromatic carbocycles. The van der Waals surface area contributed by atoms with E-state index in [1.54, 1.807) is 0 Å². The highest BCUT2D eigenvalue weighted by Gasteiger charge is 2.26. The van der Waals surface area contributed by atoms with Crippen molar-refractivity contribution in [2.75, 3.05) is 18.0 Å². The number of piperidine rings is 1. The monoisotopic (exact) mass is 307 g/mol. The summed E-state index contributed by atoms with van der Waals surface area (Å²) >= 11 is 1.36. The van der Waals surface area contributed by atoms with Crippen LogP contribution < -0.4 is 10.6 Å². The lowest BCUT2D eigenvalue weighted by atomic mass is 9.91. The summed E-state index contributed by atoms with van der Waals surface area (Å²) in [6.45, 7) is 8.18. The van der Waals surface area contributed by atoms with Crippen LogP contribution in [0.3, 0.4) is 0 Å². The summed E-state index contributed by atoms with van der Waals surface area (Å²) in [5.74, 6) is 1.49. The third-order valence-electron chi connectivity index (χ3n) is 3.71. The number of nitrogens with one attached hydrogen (secondary N) is 1. The molecule has 0 unspecified atom stereocenters. The van der Waals surface area contributed by atoms with Crippen LogP contribution in [-0.2, 0) is 5.41 Å². The van der Waals surface area contributed by atoms with E-state index in [9.17, 15) is 0 Å². The fourth-order valence-electron chi connectivity index (χ4n) is 2.43. The lowest BCUT2D eigenvalue weighted by Crippen LogP contribution is -2.40. The van der Waals surface area contributed by atoms with Crippen molar-refractivity contribution in [1.82, 2.24) is 24.8 Å².